The van der Waals surface area contributed by atoms with Crippen molar-refractivity contribution in [3.05, 3.63) is 51.6 Å². The predicted molar refractivity (Wildman–Crippen MR) is 93.1 cm³/mol. The zero-order valence-electron chi connectivity index (χ0n) is 11.9. The van der Waals surface area contributed by atoms with Gasteiger partial charge in [-0.25, -0.2) is 0 Å². The van der Waals surface area contributed by atoms with E-state index in [4.69, 9.17) is 39.5 Å². The summed E-state index contributed by atoms with van der Waals surface area (Å²) in [5, 5.41) is 14.7. The molecule has 0 aliphatic rings. The number of halogens is 3. The monoisotopic (exact) mass is 368 g/mol. The Balaban J connectivity index is 2.13. The van der Waals surface area contributed by atoms with E-state index in [1.165, 1.54) is 6.20 Å². The maximum absolute atomic E-state index is 6.54. The molecule has 8 heteroatoms. The second-order valence-electron chi connectivity index (χ2n) is 4.61. The molecular formula is C15H11Cl3N4O. The third-order valence-electron chi connectivity index (χ3n) is 3.21. The zero-order chi connectivity index (χ0) is 16.4. The van der Waals surface area contributed by atoms with Crippen LogP contribution in [0.2, 0.25) is 15.1 Å². The molecule has 0 radical (unpaired) electrons. The normalized spacial score (nSPS) is 10.6. The van der Waals surface area contributed by atoms with Crippen LogP contribution in [0.15, 0.2) is 36.5 Å². The largest absolute Gasteiger partial charge is 0.496 e. The van der Waals surface area contributed by atoms with E-state index in [2.05, 4.69) is 20.7 Å². The zero-order valence-corrected chi connectivity index (χ0v) is 14.2. The van der Waals surface area contributed by atoms with Gasteiger partial charge in [0.2, 0.25) is 0 Å². The lowest BCUT2D eigenvalue weighted by atomic mass is 10.0. The number of hydrogen-bond acceptors (Lipinski definition) is 4. The summed E-state index contributed by atoms with van der Waals surface area (Å²) in [5.41, 5.74) is 2.04. The molecule has 2 aromatic carbocycles. The first-order valence-electron chi connectivity index (χ1n) is 6.55. The van der Waals surface area contributed by atoms with Gasteiger partial charge in [-0.1, -0.05) is 40.9 Å². The molecule has 1 heterocycles. The number of ether oxygens (including phenoxy) is 1. The highest BCUT2D eigenvalue weighted by atomic mass is 35.5. The van der Waals surface area contributed by atoms with E-state index in [1.807, 2.05) is 6.07 Å². The van der Waals surface area contributed by atoms with Crippen LogP contribution in [-0.4, -0.2) is 22.5 Å². The lowest BCUT2D eigenvalue weighted by Gasteiger charge is -2.15. The summed E-state index contributed by atoms with van der Waals surface area (Å²) in [6.07, 6.45) is 1.53. The highest BCUT2D eigenvalue weighted by molar-refractivity contribution is 6.41. The Hall–Kier alpha value is -1.95. The first-order chi connectivity index (χ1) is 11.1. The third-order valence-corrected chi connectivity index (χ3v) is 4.15. The molecule has 3 rings (SSSR count). The second kappa shape index (κ2) is 6.66. The minimum atomic E-state index is 0.432. The van der Waals surface area contributed by atoms with Crippen LogP contribution in [0.3, 0.4) is 0 Å². The molecule has 0 saturated heterocycles. The van der Waals surface area contributed by atoms with Crippen molar-refractivity contribution >= 4 is 46.3 Å². The molecule has 0 atom stereocenters. The number of H-pyrrole nitrogens is 1. The van der Waals surface area contributed by atoms with E-state index in [0.717, 1.165) is 11.1 Å². The van der Waals surface area contributed by atoms with Gasteiger partial charge in [0.05, 0.1) is 29.0 Å². The van der Waals surface area contributed by atoms with Crippen LogP contribution < -0.4 is 10.1 Å². The van der Waals surface area contributed by atoms with Crippen LogP contribution in [0.25, 0.3) is 11.1 Å². The quantitative estimate of drug-likeness (QED) is 0.665. The number of nitrogens with one attached hydrogen (secondary N) is 2. The van der Waals surface area contributed by atoms with Gasteiger partial charge in [-0.2, -0.15) is 10.3 Å². The summed E-state index contributed by atoms with van der Waals surface area (Å²) in [5.74, 6) is 1.16. The lowest BCUT2D eigenvalue weighted by molar-refractivity contribution is 0.416. The summed E-state index contributed by atoms with van der Waals surface area (Å²) in [7, 11) is 1.59. The van der Waals surface area contributed by atoms with Gasteiger partial charge < -0.3 is 10.1 Å². The molecule has 3 aromatic rings. The van der Waals surface area contributed by atoms with Gasteiger partial charge in [0.1, 0.15) is 5.75 Å². The SMILES string of the molecule is COc1ccc(Cl)cc1-c1ccc(Cl)c(Nc2cn[nH]n2)c1Cl. The van der Waals surface area contributed by atoms with Gasteiger partial charge in [-0.05, 0) is 24.3 Å². The minimum Gasteiger partial charge on any atom is -0.496 e. The molecule has 0 aliphatic heterocycles. The van der Waals surface area contributed by atoms with E-state index in [1.54, 1.807) is 31.4 Å². The number of hydrogen-bond donors (Lipinski definition) is 2. The van der Waals surface area contributed by atoms with Gasteiger partial charge in [0.15, 0.2) is 5.82 Å². The number of nitrogens with zero attached hydrogens (tertiary/aromatic N) is 2. The number of methoxy groups -OCH3 is 1. The molecule has 1 aromatic heterocycles. The molecule has 0 aliphatic carbocycles. The Morgan fingerprint density at radius 1 is 1.09 bits per heavy atom. The van der Waals surface area contributed by atoms with Crippen LogP contribution in [0.4, 0.5) is 11.5 Å². The average molecular weight is 370 g/mol. The summed E-state index contributed by atoms with van der Waals surface area (Å²) >= 11 is 18.9. The van der Waals surface area contributed by atoms with Crippen LogP contribution in [-0.2, 0) is 0 Å². The van der Waals surface area contributed by atoms with Gasteiger partial charge >= 0.3 is 0 Å². The second-order valence-corrected chi connectivity index (χ2v) is 5.83. The Labute approximate surface area is 147 Å². The maximum atomic E-state index is 6.54. The number of anilines is 2. The Morgan fingerprint density at radius 3 is 2.61 bits per heavy atom. The third kappa shape index (κ3) is 3.22. The van der Waals surface area contributed by atoms with Gasteiger partial charge in [0, 0.05) is 16.1 Å². The van der Waals surface area contributed by atoms with Crippen molar-refractivity contribution in [2.24, 2.45) is 0 Å². The van der Waals surface area contributed by atoms with Crippen molar-refractivity contribution in [2.75, 3.05) is 12.4 Å². The highest BCUT2D eigenvalue weighted by Gasteiger charge is 2.16. The van der Waals surface area contributed by atoms with Gasteiger partial charge in [-0.3, -0.25) is 0 Å². The van der Waals surface area contributed by atoms with Crippen molar-refractivity contribution in [2.45, 2.75) is 0 Å². The molecule has 2 N–H and O–H groups in total. The fourth-order valence-electron chi connectivity index (χ4n) is 2.16. The molecule has 0 fully saturated rings. The van der Waals surface area contributed by atoms with Crippen LogP contribution in [0.1, 0.15) is 0 Å². The predicted octanol–water partition coefficient (Wildman–Crippen LogP) is 5.18. The lowest BCUT2D eigenvalue weighted by Crippen LogP contribution is -1.95. The Bertz CT molecular complexity index is 837. The van der Waals surface area contributed by atoms with E-state index < -0.39 is 0 Å². The standard InChI is InChI=1S/C15H11Cl3N4O/c1-23-12-5-2-8(16)6-10(12)9-3-4-11(17)15(14(9)18)20-13-7-19-22-21-13/h2-7H,1H3,(H2,19,20,21,22). The number of aromatic nitrogens is 3. The van der Waals surface area contributed by atoms with Crippen LogP contribution in [0, 0.1) is 0 Å². The van der Waals surface area contributed by atoms with Crippen molar-refractivity contribution in [3.63, 3.8) is 0 Å². The van der Waals surface area contributed by atoms with Crippen LogP contribution >= 0.6 is 34.8 Å². The fourth-order valence-corrected chi connectivity index (χ4v) is 2.89. The van der Waals surface area contributed by atoms with Gasteiger partial charge in [-0.15, -0.1) is 5.10 Å². The molecule has 23 heavy (non-hydrogen) atoms. The molecule has 0 unspecified atom stereocenters. The van der Waals surface area contributed by atoms with E-state index >= 15 is 0 Å². The van der Waals surface area contributed by atoms with Crippen molar-refractivity contribution in [3.8, 4) is 16.9 Å². The summed E-state index contributed by atoms with van der Waals surface area (Å²) in [4.78, 5) is 0. The smallest absolute Gasteiger partial charge is 0.172 e. The van der Waals surface area contributed by atoms with Crippen molar-refractivity contribution in [1.82, 2.24) is 15.4 Å². The molecule has 118 valence electrons. The summed E-state index contributed by atoms with van der Waals surface area (Å²) in [6, 6.07) is 8.88. The highest BCUT2D eigenvalue weighted by Crippen LogP contribution is 2.43. The minimum absolute atomic E-state index is 0.432. The first-order valence-corrected chi connectivity index (χ1v) is 7.68. The van der Waals surface area contributed by atoms with E-state index in [-0.39, 0.29) is 0 Å². The maximum Gasteiger partial charge on any atom is 0.172 e. The van der Waals surface area contributed by atoms with Crippen molar-refractivity contribution < 1.29 is 4.74 Å². The van der Waals surface area contributed by atoms with Crippen LogP contribution in [0.5, 0.6) is 5.75 Å². The molecule has 0 bridgehead atoms. The van der Waals surface area contributed by atoms with E-state index in [0.29, 0.717) is 32.3 Å². The first kappa shape index (κ1) is 15.9. The fraction of sp³-hybridized carbons (Fsp3) is 0.0667. The molecule has 5 nitrogen and oxygen atoms in total. The van der Waals surface area contributed by atoms with E-state index in [9.17, 15) is 0 Å². The Morgan fingerprint density at radius 2 is 1.91 bits per heavy atom. The molecular weight excluding hydrogens is 359 g/mol. The number of aromatic amines is 1. The molecule has 0 spiro atoms. The molecule has 0 saturated carbocycles. The Kier molecular flexibility index (Phi) is 4.61. The number of benzene rings is 2. The topological polar surface area (TPSA) is 62.8 Å². The summed E-state index contributed by atoms with van der Waals surface area (Å²) in [6.45, 7) is 0. The molecule has 0 amide bonds. The average Bonchev–Trinajstić information content (AvgIpc) is 3.04. The van der Waals surface area contributed by atoms with Gasteiger partial charge in [0.25, 0.3) is 0 Å². The number of rotatable bonds is 4. The van der Waals surface area contributed by atoms with Crippen molar-refractivity contribution in [1.29, 1.82) is 0 Å². The summed E-state index contributed by atoms with van der Waals surface area (Å²) < 4.78 is 5.39.